The molecule has 2 heterocycles. The highest BCUT2D eigenvalue weighted by atomic mass is 79.9. The number of benzene rings is 2. The van der Waals surface area contributed by atoms with Gasteiger partial charge in [-0.15, -0.1) is 11.3 Å². The van der Waals surface area contributed by atoms with Gasteiger partial charge < -0.3 is 5.11 Å². The van der Waals surface area contributed by atoms with Crippen LogP contribution in [0.3, 0.4) is 0 Å². The van der Waals surface area contributed by atoms with Crippen molar-refractivity contribution >= 4 is 65.5 Å². The van der Waals surface area contributed by atoms with Crippen LogP contribution in [-0.2, 0) is 12.8 Å². The third-order valence-electron chi connectivity index (χ3n) is 5.94. The average Bonchev–Trinajstić information content (AvgIpc) is 3.21. The van der Waals surface area contributed by atoms with Crippen LogP contribution < -0.4 is 11.0 Å². The zero-order valence-electron chi connectivity index (χ0n) is 18.6. The van der Waals surface area contributed by atoms with Crippen molar-refractivity contribution in [2.24, 2.45) is 5.10 Å². The van der Waals surface area contributed by atoms with E-state index in [2.05, 4.69) is 42.4 Å². The number of aryl methyl sites for hydroxylation is 3. The lowest BCUT2D eigenvalue weighted by molar-refractivity contribution is 0.0955. The monoisotopic (exact) mass is 614 g/mol. The molecule has 7 nitrogen and oxygen atoms in total. The van der Waals surface area contributed by atoms with Gasteiger partial charge in [-0.1, -0.05) is 6.07 Å². The number of hydrogen-bond donors (Lipinski definition) is 2. The maximum absolute atomic E-state index is 13.6. The zero-order valence-corrected chi connectivity index (χ0v) is 22.6. The minimum atomic E-state index is -0.410. The van der Waals surface area contributed by atoms with Crippen LogP contribution in [0.2, 0.25) is 0 Å². The first-order valence-electron chi connectivity index (χ1n) is 11.0. The fourth-order valence-corrected chi connectivity index (χ4v) is 6.81. The Labute approximate surface area is 221 Å². The number of fused-ring (bicyclic) bond motifs is 3. The number of hydrogen-bond acceptors (Lipinski definition) is 6. The molecule has 1 amide bonds. The highest BCUT2D eigenvalue weighted by molar-refractivity contribution is 9.11. The van der Waals surface area contributed by atoms with Crippen LogP contribution in [-0.4, -0.2) is 26.8 Å². The lowest BCUT2D eigenvalue weighted by Gasteiger charge is -2.12. The molecule has 10 heteroatoms. The molecule has 2 aromatic heterocycles. The molecule has 0 spiro atoms. The van der Waals surface area contributed by atoms with Gasteiger partial charge >= 0.3 is 0 Å². The molecule has 0 radical (unpaired) electrons. The van der Waals surface area contributed by atoms with Gasteiger partial charge in [0.25, 0.3) is 11.5 Å². The van der Waals surface area contributed by atoms with Crippen LogP contribution in [0.1, 0.15) is 45.0 Å². The third-order valence-corrected chi connectivity index (χ3v) is 8.34. The van der Waals surface area contributed by atoms with Crippen molar-refractivity contribution in [2.75, 3.05) is 0 Å². The molecule has 1 aliphatic rings. The largest absolute Gasteiger partial charge is 0.506 e. The van der Waals surface area contributed by atoms with E-state index in [0.717, 1.165) is 36.1 Å². The fourth-order valence-electron chi connectivity index (χ4n) is 4.29. The quantitative estimate of drug-likeness (QED) is 0.230. The van der Waals surface area contributed by atoms with E-state index in [9.17, 15) is 14.7 Å². The van der Waals surface area contributed by atoms with Crippen molar-refractivity contribution in [3.63, 3.8) is 0 Å². The Balaban J connectivity index is 1.44. The van der Waals surface area contributed by atoms with Crippen molar-refractivity contribution in [3.8, 4) is 11.4 Å². The van der Waals surface area contributed by atoms with Crippen LogP contribution in [0, 0.1) is 6.92 Å². The van der Waals surface area contributed by atoms with Crippen molar-refractivity contribution in [3.05, 3.63) is 83.1 Å². The molecule has 0 bridgehead atoms. The number of nitrogens with zero attached hydrogens (tertiary/aromatic N) is 3. The molecule has 5 rings (SSSR count). The molecule has 0 fully saturated rings. The number of aromatic hydroxyl groups is 1. The first-order valence-corrected chi connectivity index (χ1v) is 13.4. The van der Waals surface area contributed by atoms with Gasteiger partial charge in [-0.25, -0.2) is 10.4 Å². The number of thiophene rings is 1. The lowest BCUT2D eigenvalue weighted by atomic mass is 9.97. The molecular weight excluding hydrogens is 596 g/mol. The molecule has 2 N–H and O–H groups in total. The number of carbonyl (C=O) groups excluding carboxylic acids is 1. The predicted molar refractivity (Wildman–Crippen MR) is 145 cm³/mol. The Bertz CT molecular complexity index is 1550. The maximum atomic E-state index is 13.6. The molecule has 0 atom stereocenters. The van der Waals surface area contributed by atoms with E-state index < -0.39 is 5.91 Å². The van der Waals surface area contributed by atoms with Crippen molar-refractivity contribution in [1.29, 1.82) is 0 Å². The second-order valence-electron chi connectivity index (χ2n) is 8.27. The van der Waals surface area contributed by atoms with E-state index in [1.807, 2.05) is 6.92 Å². The summed E-state index contributed by atoms with van der Waals surface area (Å²) >= 11 is 8.16. The van der Waals surface area contributed by atoms with Gasteiger partial charge in [0.1, 0.15) is 16.4 Å². The molecule has 2 aromatic carbocycles. The zero-order chi connectivity index (χ0) is 24.7. The molecule has 35 heavy (non-hydrogen) atoms. The Morgan fingerprint density at radius 3 is 2.71 bits per heavy atom. The van der Waals surface area contributed by atoms with Gasteiger partial charge in [0.2, 0.25) is 0 Å². The number of nitrogens with one attached hydrogen (secondary N) is 1. The number of phenolic OH excluding ortho intramolecular Hbond substituents is 1. The molecule has 178 valence electrons. The maximum Gasteiger partial charge on any atom is 0.271 e. The van der Waals surface area contributed by atoms with Crippen LogP contribution in [0.15, 0.2) is 55.2 Å². The molecule has 0 saturated carbocycles. The van der Waals surface area contributed by atoms with Crippen LogP contribution in [0.25, 0.3) is 15.9 Å². The van der Waals surface area contributed by atoms with Crippen LogP contribution in [0.4, 0.5) is 0 Å². The fraction of sp³-hybridized carbons (Fsp3) is 0.200. The van der Waals surface area contributed by atoms with Gasteiger partial charge in [-0.05, 0) is 106 Å². The van der Waals surface area contributed by atoms with Crippen molar-refractivity contribution in [2.45, 2.75) is 32.6 Å². The van der Waals surface area contributed by atoms with E-state index in [1.165, 1.54) is 11.1 Å². The summed E-state index contributed by atoms with van der Waals surface area (Å²) in [5.74, 6) is 0.261. The molecule has 4 aromatic rings. The summed E-state index contributed by atoms with van der Waals surface area (Å²) in [7, 11) is 0. The number of aromatic nitrogens is 2. The Hall–Kier alpha value is -2.82. The SMILES string of the molecule is Cc1nc2sc3c(c2c(=O)n1-c1cccc(C(=O)N/N=C/c2cc(Br)c(O)c(Br)c2)c1)CCCC3. The smallest absolute Gasteiger partial charge is 0.271 e. The molecule has 0 saturated heterocycles. The minimum Gasteiger partial charge on any atom is -0.506 e. The van der Waals surface area contributed by atoms with Crippen molar-refractivity contribution < 1.29 is 9.90 Å². The first kappa shape index (κ1) is 23.9. The first-order chi connectivity index (χ1) is 16.8. The second kappa shape index (κ2) is 9.67. The highest BCUT2D eigenvalue weighted by Gasteiger charge is 2.22. The summed E-state index contributed by atoms with van der Waals surface area (Å²) in [5.41, 5.74) is 5.19. The highest BCUT2D eigenvalue weighted by Crippen LogP contribution is 2.34. The molecule has 0 unspecified atom stereocenters. The standard InChI is InChI=1S/C25H20Br2N4O3S/c1-13-29-24-21(17-7-2-3-8-20(17)35-24)25(34)31(13)16-6-4-5-15(11-16)23(33)30-28-12-14-9-18(26)22(32)19(27)10-14/h4-6,9-12,32H,2-3,7-8H2,1H3,(H,30,33)/b28-12+. The van der Waals surface area contributed by atoms with Gasteiger partial charge in [0.15, 0.2) is 0 Å². The Morgan fingerprint density at radius 2 is 1.94 bits per heavy atom. The van der Waals surface area contributed by atoms with Crippen LogP contribution in [0.5, 0.6) is 5.75 Å². The summed E-state index contributed by atoms with van der Waals surface area (Å²) in [4.78, 5) is 33.1. The van der Waals surface area contributed by atoms with E-state index in [0.29, 0.717) is 37.0 Å². The molecule has 0 aliphatic heterocycles. The van der Waals surface area contributed by atoms with Gasteiger partial charge in [-0.3, -0.25) is 14.2 Å². The molecular formula is C25H20Br2N4O3S. The summed E-state index contributed by atoms with van der Waals surface area (Å²) in [6.45, 7) is 1.81. The van der Waals surface area contributed by atoms with Gasteiger partial charge in [0, 0.05) is 10.4 Å². The lowest BCUT2D eigenvalue weighted by Crippen LogP contribution is -2.23. The summed E-state index contributed by atoms with van der Waals surface area (Å²) in [5, 5.41) is 14.6. The predicted octanol–water partition coefficient (Wildman–Crippen LogP) is 5.63. The minimum absolute atomic E-state index is 0.0872. The van der Waals surface area contributed by atoms with Gasteiger partial charge in [0.05, 0.1) is 26.2 Å². The topological polar surface area (TPSA) is 96.6 Å². The summed E-state index contributed by atoms with van der Waals surface area (Å²) < 4.78 is 2.59. The average molecular weight is 616 g/mol. The van der Waals surface area contributed by atoms with Gasteiger partial charge in [-0.2, -0.15) is 5.10 Å². The van der Waals surface area contributed by atoms with E-state index in [-0.39, 0.29) is 11.3 Å². The third kappa shape index (κ3) is 4.57. The van der Waals surface area contributed by atoms with Crippen molar-refractivity contribution in [1.82, 2.24) is 15.0 Å². The van der Waals surface area contributed by atoms with E-state index in [4.69, 9.17) is 4.98 Å². The number of rotatable bonds is 4. The molecule has 1 aliphatic carbocycles. The number of phenols is 1. The Kier molecular flexibility index (Phi) is 6.61. The number of hydrazone groups is 1. The number of carbonyl (C=O) groups is 1. The van der Waals surface area contributed by atoms with Crippen LogP contribution >= 0.6 is 43.2 Å². The van der Waals surface area contributed by atoms with E-state index in [1.54, 1.807) is 52.3 Å². The van der Waals surface area contributed by atoms with E-state index >= 15 is 0 Å². The summed E-state index contributed by atoms with van der Waals surface area (Å²) in [6, 6.07) is 10.2. The summed E-state index contributed by atoms with van der Waals surface area (Å²) in [6.07, 6.45) is 5.62. The number of amides is 1. The Morgan fingerprint density at radius 1 is 1.20 bits per heavy atom. The second-order valence-corrected chi connectivity index (χ2v) is 11.1. The normalized spacial score (nSPS) is 13.3. The number of halogens is 2.